The zero-order valence-corrected chi connectivity index (χ0v) is 15.2. The number of para-hydroxylation sites is 1. The lowest BCUT2D eigenvalue weighted by Gasteiger charge is -2.16. The van der Waals surface area contributed by atoms with E-state index in [0.717, 1.165) is 21.8 Å². The standard InChI is InChI=1S/C20H17NO4S/c1-23-13-7-8-15(17(10-13)24-2)21-20(22)18-9-12-11-25-16-6-4-3-5-14(16)19(12)26-18/h3-10H,11H2,1-2H3,(H,21,22). The molecule has 0 saturated heterocycles. The molecule has 3 aromatic rings. The van der Waals surface area contributed by atoms with Crippen LogP contribution in [0, 0.1) is 0 Å². The Morgan fingerprint density at radius 1 is 1.12 bits per heavy atom. The number of hydrogen-bond donors (Lipinski definition) is 1. The van der Waals surface area contributed by atoms with Crippen molar-refractivity contribution in [3.8, 4) is 27.7 Å². The Balaban J connectivity index is 1.62. The highest BCUT2D eigenvalue weighted by Gasteiger charge is 2.22. The number of ether oxygens (including phenoxy) is 3. The van der Waals surface area contributed by atoms with Gasteiger partial charge in [-0.15, -0.1) is 11.3 Å². The number of nitrogens with one attached hydrogen (secondary N) is 1. The molecule has 1 amide bonds. The van der Waals surface area contributed by atoms with Gasteiger partial charge < -0.3 is 19.5 Å². The highest BCUT2D eigenvalue weighted by Crippen LogP contribution is 2.42. The van der Waals surface area contributed by atoms with Crippen LogP contribution in [0.2, 0.25) is 0 Å². The minimum Gasteiger partial charge on any atom is -0.497 e. The number of anilines is 1. The van der Waals surface area contributed by atoms with Crippen LogP contribution in [-0.4, -0.2) is 20.1 Å². The van der Waals surface area contributed by atoms with Crippen LogP contribution in [0.1, 0.15) is 15.2 Å². The summed E-state index contributed by atoms with van der Waals surface area (Å²) >= 11 is 1.47. The van der Waals surface area contributed by atoms with Gasteiger partial charge in [0.05, 0.1) is 24.8 Å². The molecule has 0 atom stereocenters. The molecule has 0 fully saturated rings. The fourth-order valence-electron chi connectivity index (χ4n) is 2.90. The molecule has 4 rings (SSSR count). The smallest absolute Gasteiger partial charge is 0.265 e. The van der Waals surface area contributed by atoms with Crippen molar-refractivity contribution >= 4 is 22.9 Å². The van der Waals surface area contributed by atoms with Crippen molar-refractivity contribution in [3.63, 3.8) is 0 Å². The molecule has 5 nitrogen and oxygen atoms in total. The van der Waals surface area contributed by atoms with Gasteiger partial charge >= 0.3 is 0 Å². The van der Waals surface area contributed by atoms with Crippen LogP contribution in [0.5, 0.6) is 17.2 Å². The summed E-state index contributed by atoms with van der Waals surface area (Å²) in [7, 11) is 3.14. The third-order valence-electron chi connectivity index (χ3n) is 4.20. The molecule has 1 N–H and O–H groups in total. The van der Waals surface area contributed by atoms with E-state index in [4.69, 9.17) is 14.2 Å². The van der Waals surface area contributed by atoms with Crippen LogP contribution in [0.15, 0.2) is 48.5 Å². The van der Waals surface area contributed by atoms with E-state index in [-0.39, 0.29) is 5.91 Å². The van der Waals surface area contributed by atoms with Gasteiger partial charge in [0.1, 0.15) is 23.9 Å². The first kappa shape index (κ1) is 16.5. The van der Waals surface area contributed by atoms with Gasteiger partial charge in [0.15, 0.2) is 0 Å². The number of hydrogen-bond acceptors (Lipinski definition) is 5. The molecule has 0 radical (unpaired) electrons. The summed E-state index contributed by atoms with van der Waals surface area (Å²) in [4.78, 5) is 14.5. The van der Waals surface area contributed by atoms with Gasteiger partial charge in [-0.05, 0) is 30.3 Å². The monoisotopic (exact) mass is 367 g/mol. The Labute approximate surface area is 155 Å². The van der Waals surface area contributed by atoms with Crippen LogP contribution < -0.4 is 19.5 Å². The van der Waals surface area contributed by atoms with E-state index in [1.165, 1.54) is 11.3 Å². The second-order valence-corrected chi connectivity index (χ2v) is 6.82. The largest absolute Gasteiger partial charge is 0.497 e. The second-order valence-electron chi connectivity index (χ2n) is 5.77. The van der Waals surface area contributed by atoms with Crippen molar-refractivity contribution in [2.45, 2.75) is 6.61 Å². The third-order valence-corrected chi connectivity index (χ3v) is 5.41. The lowest BCUT2D eigenvalue weighted by atomic mass is 10.1. The quantitative estimate of drug-likeness (QED) is 0.733. The molecule has 1 aliphatic heterocycles. The fourth-order valence-corrected chi connectivity index (χ4v) is 3.99. The molecule has 2 heterocycles. The van der Waals surface area contributed by atoms with Crippen LogP contribution >= 0.6 is 11.3 Å². The summed E-state index contributed by atoms with van der Waals surface area (Å²) in [5, 5.41) is 2.91. The maximum atomic E-state index is 12.7. The van der Waals surface area contributed by atoms with Gasteiger partial charge in [-0.25, -0.2) is 0 Å². The summed E-state index contributed by atoms with van der Waals surface area (Å²) in [6, 6.07) is 15.0. The number of thiophene rings is 1. The average Bonchev–Trinajstić information content (AvgIpc) is 3.13. The molecule has 0 unspecified atom stereocenters. The van der Waals surface area contributed by atoms with E-state index < -0.39 is 0 Å². The number of benzene rings is 2. The Hall–Kier alpha value is -2.99. The van der Waals surface area contributed by atoms with Gasteiger partial charge in [-0.3, -0.25) is 4.79 Å². The van der Waals surface area contributed by atoms with Crippen LogP contribution in [0.4, 0.5) is 5.69 Å². The molecule has 26 heavy (non-hydrogen) atoms. The molecule has 1 aromatic heterocycles. The van der Waals surface area contributed by atoms with Gasteiger partial charge in [0.25, 0.3) is 5.91 Å². The van der Waals surface area contributed by atoms with Crippen molar-refractivity contribution in [1.29, 1.82) is 0 Å². The van der Waals surface area contributed by atoms with Crippen molar-refractivity contribution in [3.05, 3.63) is 59.0 Å². The van der Waals surface area contributed by atoms with Gasteiger partial charge in [-0.2, -0.15) is 0 Å². The molecular formula is C20H17NO4S. The summed E-state index contributed by atoms with van der Waals surface area (Å²) in [6.45, 7) is 0.474. The summed E-state index contributed by atoms with van der Waals surface area (Å²) in [5.41, 5.74) is 2.65. The molecule has 6 heteroatoms. The number of carbonyl (C=O) groups excluding carboxylic acids is 1. The second kappa shape index (κ2) is 6.72. The Bertz CT molecular complexity index is 980. The molecular weight excluding hydrogens is 350 g/mol. The third kappa shape index (κ3) is 2.88. The molecule has 2 aromatic carbocycles. The first-order chi connectivity index (χ1) is 12.7. The normalized spacial score (nSPS) is 11.8. The minimum atomic E-state index is -0.176. The predicted molar refractivity (Wildman–Crippen MR) is 102 cm³/mol. The molecule has 0 aliphatic carbocycles. The topological polar surface area (TPSA) is 56.8 Å². The molecule has 1 aliphatic rings. The number of fused-ring (bicyclic) bond motifs is 3. The Morgan fingerprint density at radius 3 is 2.77 bits per heavy atom. The Morgan fingerprint density at radius 2 is 1.96 bits per heavy atom. The summed E-state index contributed by atoms with van der Waals surface area (Å²) in [5.74, 6) is 1.89. The number of amides is 1. The zero-order valence-electron chi connectivity index (χ0n) is 14.4. The van der Waals surface area contributed by atoms with Crippen molar-refractivity contribution in [2.75, 3.05) is 19.5 Å². The number of rotatable bonds is 4. The van der Waals surface area contributed by atoms with Crippen LogP contribution in [-0.2, 0) is 6.61 Å². The highest BCUT2D eigenvalue weighted by molar-refractivity contribution is 7.17. The summed E-state index contributed by atoms with van der Waals surface area (Å²) in [6.07, 6.45) is 0. The highest BCUT2D eigenvalue weighted by atomic mass is 32.1. The van der Waals surface area contributed by atoms with Crippen molar-refractivity contribution in [2.24, 2.45) is 0 Å². The van der Waals surface area contributed by atoms with Gasteiger partial charge in [-0.1, -0.05) is 12.1 Å². The first-order valence-corrected chi connectivity index (χ1v) is 8.89. The van der Waals surface area contributed by atoms with E-state index in [9.17, 15) is 4.79 Å². The molecule has 0 spiro atoms. The van der Waals surface area contributed by atoms with Crippen LogP contribution in [0.3, 0.4) is 0 Å². The fraction of sp³-hybridized carbons (Fsp3) is 0.150. The van der Waals surface area contributed by atoms with E-state index in [1.54, 1.807) is 32.4 Å². The van der Waals surface area contributed by atoms with E-state index >= 15 is 0 Å². The molecule has 0 bridgehead atoms. The van der Waals surface area contributed by atoms with Crippen molar-refractivity contribution in [1.82, 2.24) is 0 Å². The maximum Gasteiger partial charge on any atom is 0.265 e. The number of methoxy groups -OCH3 is 2. The average molecular weight is 367 g/mol. The molecule has 132 valence electrons. The number of carbonyl (C=O) groups is 1. The summed E-state index contributed by atoms with van der Waals surface area (Å²) < 4.78 is 16.3. The molecule has 0 saturated carbocycles. The first-order valence-electron chi connectivity index (χ1n) is 8.08. The van der Waals surface area contributed by atoms with Crippen LogP contribution in [0.25, 0.3) is 10.4 Å². The lowest BCUT2D eigenvalue weighted by Crippen LogP contribution is -2.11. The maximum absolute atomic E-state index is 12.7. The zero-order chi connectivity index (χ0) is 18.1. The van der Waals surface area contributed by atoms with E-state index in [0.29, 0.717) is 28.7 Å². The van der Waals surface area contributed by atoms with E-state index in [2.05, 4.69) is 5.32 Å². The Kier molecular flexibility index (Phi) is 4.26. The van der Waals surface area contributed by atoms with Gasteiger partial charge in [0.2, 0.25) is 0 Å². The van der Waals surface area contributed by atoms with Crippen molar-refractivity contribution < 1.29 is 19.0 Å². The predicted octanol–water partition coefficient (Wildman–Crippen LogP) is 4.58. The van der Waals surface area contributed by atoms with E-state index in [1.807, 2.05) is 30.3 Å². The minimum absolute atomic E-state index is 0.176. The lowest BCUT2D eigenvalue weighted by molar-refractivity contribution is 0.103. The SMILES string of the molecule is COc1ccc(NC(=O)c2cc3c(s2)-c2ccccc2OC3)c(OC)c1. The van der Waals surface area contributed by atoms with Gasteiger partial charge in [0, 0.05) is 22.1 Å².